The Labute approximate surface area is 384 Å². The van der Waals surface area contributed by atoms with Gasteiger partial charge in [-0.2, -0.15) is 5.06 Å². The number of rotatable bonds is 24. The quantitative estimate of drug-likeness (QED) is 0.0656. The van der Waals surface area contributed by atoms with Crippen molar-refractivity contribution in [1.82, 2.24) is 15.3 Å². The van der Waals surface area contributed by atoms with Crippen LogP contribution in [0.1, 0.15) is 122 Å². The minimum atomic E-state index is -1.57. The van der Waals surface area contributed by atoms with E-state index in [0.29, 0.717) is 12.8 Å². The topological polar surface area (TPSA) is 183 Å². The van der Waals surface area contributed by atoms with Gasteiger partial charge >= 0.3 is 11.9 Å². The molecule has 2 bridgehead atoms. The summed E-state index contributed by atoms with van der Waals surface area (Å²) in [5.74, 6) is -3.07. The number of hydrogen-bond donors (Lipinski definition) is 3. The fraction of sp³-hybridized carbons (Fsp3) is 0.640. The molecule has 6 rings (SSSR count). The second kappa shape index (κ2) is 22.4. The maximum Gasteiger partial charge on any atom is 0.327 e. The first kappa shape index (κ1) is 50.0. The van der Waals surface area contributed by atoms with Crippen LogP contribution in [0, 0.1) is 5.41 Å². The Balaban J connectivity index is 1.38. The summed E-state index contributed by atoms with van der Waals surface area (Å²) in [6.45, 7) is 9.22. The highest BCUT2D eigenvalue weighted by atomic mass is 16.8. The molecule has 65 heavy (non-hydrogen) atoms. The molecular weight excluding hydrogens is 835 g/mol. The molecule has 358 valence electrons. The number of aliphatic hydroxyl groups is 2. The molecule has 8 atom stereocenters. The summed E-state index contributed by atoms with van der Waals surface area (Å²) in [6, 6.07) is 13.7. The Bertz CT molecular complexity index is 1930. The number of carbonyl (C=O) groups excluding carboxylic acids is 4. The number of likely N-dealkylation sites (N-methyl/N-ethyl adjacent to an activating group) is 1. The molecular formula is C50H71N3O12. The van der Waals surface area contributed by atoms with Crippen LogP contribution >= 0.6 is 0 Å². The third-order valence-corrected chi connectivity index (χ3v) is 13.0. The molecule has 3 saturated heterocycles. The fourth-order valence-corrected chi connectivity index (χ4v) is 9.83. The number of unbranched alkanes of at least 4 members (excludes halogenated alkanes) is 4. The summed E-state index contributed by atoms with van der Waals surface area (Å²) in [7, 11) is 1.57. The maximum atomic E-state index is 15.9. The third kappa shape index (κ3) is 11.8. The van der Waals surface area contributed by atoms with Crippen molar-refractivity contribution in [2.75, 3.05) is 26.9 Å². The van der Waals surface area contributed by atoms with E-state index in [4.69, 9.17) is 28.5 Å². The number of ether oxygens (including phenoxy) is 5. The molecule has 4 fully saturated rings. The van der Waals surface area contributed by atoms with Crippen LogP contribution in [-0.2, 0) is 60.7 Å². The fourth-order valence-electron chi connectivity index (χ4n) is 9.83. The van der Waals surface area contributed by atoms with E-state index in [2.05, 4.69) is 19.2 Å². The van der Waals surface area contributed by atoms with Gasteiger partial charge in [0.2, 0.25) is 11.8 Å². The molecule has 4 aliphatic rings. The van der Waals surface area contributed by atoms with Crippen molar-refractivity contribution >= 4 is 29.8 Å². The second-order valence-electron chi connectivity index (χ2n) is 18.9. The third-order valence-electron chi connectivity index (χ3n) is 13.0. The van der Waals surface area contributed by atoms with Crippen molar-refractivity contribution in [3.05, 3.63) is 77.5 Å². The van der Waals surface area contributed by atoms with E-state index in [-0.39, 0.29) is 45.4 Å². The highest BCUT2D eigenvalue weighted by Crippen LogP contribution is 2.58. The number of aliphatic hydroxyl groups excluding tert-OH is 2. The van der Waals surface area contributed by atoms with Crippen LogP contribution in [0.5, 0.6) is 0 Å². The van der Waals surface area contributed by atoms with Gasteiger partial charge in [-0.25, -0.2) is 0 Å². The minimum absolute atomic E-state index is 0.0400. The maximum absolute atomic E-state index is 15.9. The summed E-state index contributed by atoms with van der Waals surface area (Å²) in [5, 5.41) is 24.1. The Morgan fingerprint density at radius 3 is 2.31 bits per heavy atom. The van der Waals surface area contributed by atoms with Crippen LogP contribution in [-0.4, -0.2) is 125 Å². The zero-order valence-corrected chi connectivity index (χ0v) is 39.1. The molecule has 0 aromatic heterocycles. The average Bonchev–Trinajstić information content (AvgIpc) is 3.84. The van der Waals surface area contributed by atoms with Gasteiger partial charge in [0, 0.05) is 39.2 Å². The van der Waals surface area contributed by atoms with Crippen LogP contribution in [0.4, 0.5) is 0 Å². The zero-order chi connectivity index (χ0) is 46.8. The van der Waals surface area contributed by atoms with Crippen molar-refractivity contribution in [3.8, 4) is 0 Å². The van der Waals surface area contributed by atoms with E-state index in [1.165, 1.54) is 11.2 Å². The Kier molecular flexibility index (Phi) is 17.3. The smallest absolute Gasteiger partial charge is 0.327 e. The second-order valence-corrected chi connectivity index (χ2v) is 18.9. The number of hydrogen-bond acceptors (Lipinski definition) is 13. The number of nitrogens with zero attached hydrogens (tertiary/aromatic N) is 2. The van der Waals surface area contributed by atoms with Gasteiger partial charge in [0.05, 0.1) is 32.1 Å². The van der Waals surface area contributed by atoms with Gasteiger partial charge in [-0.15, -0.1) is 0 Å². The van der Waals surface area contributed by atoms with Crippen LogP contribution in [0.3, 0.4) is 0 Å². The standard InChI is InChI=1S/C50H71N3O12/c1-7-9-16-25-49(26-17-10-8-2)63-41-39-31-50(43(46(58)61-39)53(65-44(50)42(41)64-49)32-36-21-15-14-20-35(36)24-28-60-29-27-54)47(59)52(6)38(30-34-18-12-11-13-19-34)45(57)51-37(33-55)22-23-40(56)62-48(3,4)5/h11-15,18-21,24,28,37-39,41-44,54-55H,7-10,16-17,22-23,25-27,29-33H2,1-6H3,(H,51,57)/t37-,38+,39?,41-,42-,43-,44+,50?/m0/s1. The van der Waals surface area contributed by atoms with Gasteiger partial charge in [0.1, 0.15) is 48.1 Å². The number of esters is 2. The normalized spacial score (nSPS) is 25.4. The Morgan fingerprint density at radius 1 is 0.969 bits per heavy atom. The molecule has 2 unspecified atom stereocenters. The zero-order valence-electron chi connectivity index (χ0n) is 39.1. The highest BCUT2D eigenvalue weighted by Gasteiger charge is 2.76. The lowest BCUT2D eigenvalue weighted by Crippen LogP contribution is -2.70. The van der Waals surface area contributed by atoms with Gasteiger partial charge in [-0.1, -0.05) is 94.1 Å². The molecule has 2 aromatic carbocycles. The van der Waals surface area contributed by atoms with Crippen LogP contribution in [0.25, 0.3) is 6.08 Å². The number of carbonyl (C=O) groups is 4. The number of fused-ring (bicyclic) bond motifs is 4. The minimum Gasteiger partial charge on any atom is -0.499 e. The van der Waals surface area contributed by atoms with Crippen molar-refractivity contribution in [2.24, 2.45) is 5.41 Å². The summed E-state index contributed by atoms with van der Waals surface area (Å²) < 4.78 is 31.3. The highest BCUT2D eigenvalue weighted by molar-refractivity contribution is 5.96. The van der Waals surface area contributed by atoms with Gasteiger partial charge in [0.15, 0.2) is 11.8 Å². The lowest BCUT2D eigenvalue weighted by molar-refractivity contribution is -0.225. The summed E-state index contributed by atoms with van der Waals surface area (Å²) in [6.07, 6.45) is 7.22. The monoisotopic (exact) mass is 906 g/mol. The van der Waals surface area contributed by atoms with E-state index < -0.39 is 89.7 Å². The number of benzene rings is 2. The molecule has 3 heterocycles. The Hall–Kier alpha value is -4.38. The predicted octanol–water partition coefficient (Wildman–Crippen LogP) is 5.78. The van der Waals surface area contributed by atoms with Gasteiger partial charge < -0.3 is 44.1 Å². The van der Waals surface area contributed by atoms with E-state index in [0.717, 1.165) is 55.2 Å². The van der Waals surface area contributed by atoms with Crippen molar-refractivity contribution < 1.29 is 57.9 Å². The molecule has 15 nitrogen and oxygen atoms in total. The molecule has 2 amide bonds. The van der Waals surface area contributed by atoms with Gasteiger partial charge in [-0.05, 0) is 62.8 Å². The van der Waals surface area contributed by atoms with Crippen LogP contribution < -0.4 is 5.32 Å². The van der Waals surface area contributed by atoms with Gasteiger partial charge in [0.25, 0.3) is 0 Å². The van der Waals surface area contributed by atoms with E-state index in [1.54, 1.807) is 39.0 Å². The van der Waals surface area contributed by atoms with Crippen molar-refractivity contribution in [1.29, 1.82) is 0 Å². The molecule has 0 spiro atoms. The Morgan fingerprint density at radius 2 is 1.65 bits per heavy atom. The molecule has 1 saturated carbocycles. The largest absolute Gasteiger partial charge is 0.499 e. The van der Waals surface area contributed by atoms with Gasteiger partial charge in [-0.3, -0.25) is 24.0 Å². The number of nitrogens with one attached hydrogen (secondary N) is 1. The van der Waals surface area contributed by atoms with Crippen molar-refractivity contribution in [2.45, 2.75) is 172 Å². The molecule has 2 aromatic rings. The molecule has 15 heteroatoms. The average molecular weight is 906 g/mol. The summed E-state index contributed by atoms with van der Waals surface area (Å²) in [5.41, 5.74) is 0.0700. The molecule has 3 aliphatic heterocycles. The van der Waals surface area contributed by atoms with Crippen LogP contribution in [0.15, 0.2) is 60.9 Å². The number of amides is 2. The first-order chi connectivity index (χ1) is 31.2. The van der Waals surface area contributed by atoms with Crippen molar-refractivity contribution in [3.63, 3.8) is 0 Å². The van der Waals surface area contributed by atoms with E-state index >= 15 is 4.79 Å². The van der Waals surface area contributed by atoms with E-state index in [1.807, 2.05) is 54.6 Å². The molecule has 3 N–H and O–H groups in total. The first-order valence-electron chi connectivity index (χ1n) is 23.6. The van der Waals surface area contributed by atoms with E-state index in [9.17, 15) is 24.6 Å². The SMILES string of the molecule is CCCCCC1(CCCCC)O[C@@H]2[C@H]3ON(Cc4ccccc4C=COCCO)[C@H]4C(=O)OC(CC34C(=O)N(C)[C@H](Cc3ccccc3)C(=O)N[C@H](CO)CCC(=O)OC(C)(C)C)[C@@H]2O1. The predicted molar refractivity (Wildman–Crippen MR) is 241 cm³/mol. The molecule has 1 aliphatic carbocycles. The summed E-state index contributed by atoms with van der Waals surface area (Å²) in [4.78, 5) is 66.1. The van der Waals surface area contributed by atoms with Crippen LogP contribution in [0.2, 0.25) is 0 Å². The lowest BCUT2D eigenvalue weighted by atomic mass is 9.62. The molecule has 0 radical (unpaired) electrons. The summed E-state index contributed by atoms with van der Waals surface area (Å²) >= 11 is 0. The first-order valence-corrected chi connectivity index (χ1v) is 23.6. The lowest BCUT2D eigenvalue weighted by Gasteiger charge is -2.50. The number of hydroxylamine groups is 2.